The maximum Gasteiger partial charge on any atom is 0.349 e. The molecule has 0 heterocycles. The largest absolute Gasteiger partial charge is 0.481 e. The van der Waals surface area contributed by atoms with Crippen LogP contribution in [0.15, 0.2) is 65.1 Å². The lowest BCUT2D eigenvalue weighted by atomic mass is 10.1. The molecule has 0 radical (unpaired) electrons. The summed E-state index contributed by atoms with van der Waals surface area (Å²) in [6.45, 7) is 5.83. The molecule has 27 heavy (non-hydrogen) atoms. The molecule has 0 atom stereocenters. The number of hydrogen-bond donors (Lipinski definition) is 0. The van der Waals surface area contributed by atoms with Gasteiger partial charge in [0.15, 0.2) is 6.61 Å². The molecule has 0 aromatic heterocycles. The van der Waals surface area contributed by atoms with Gasteiger partial charge in [0, 0.05) is 0 Å². The lowest BCUT2D eigenvalue weighted by molar-refractivity contribution is -0.136. The van der Waals surface area contributed by atoms with E-state index in [1.807, 2.05) is 75.4 Å². The second kappa shape index (κ2) is 8.40. The van der Waals surface area contributed by atoms with E-state index < -0.39 is 5.97 Å². The number of esters is 1. The van der Waals surface area contributed by atoms with E-state index in [0.717, 1.165) is 38.0 Å². The van der Waals surface area contributed by atoms with Crippen molar-refractivity contribution in [3.05, 3.63) is 81.8 Å². The van der Waals surface area contributed by atoms with Crippen LogP contribution in [0.3, 0.4) is 0 Å². The Morgan fingerprint density at radius 2 is 1.59 bits per heavy atom. The van der Waals surface area contributed by atoms with E-state index in [1.54, 1.807) is 6.07 Å². The Labute approximate surface area is 168 Å². The molecule has 0 bridgehead atoms. The molecule has 0 aliphatic heterocycles. The summed E-state index contributed by atoms with van der Waals surface area (Å²) in [7, 11) is 0. The van der Waals surface area contributed by atoms with Crippen LogP contribution >= 0.6 is 15.9 Å². The first-order valence-electron chi connectivity index (χ1n) is 8.71. The molecule has 4 heteroatoms. The Bertz CT molecular complexity index is 965. The van der Waals surface area contributed by atoms with E-state index >= 15 is 0 Å². The van der Waals surface area contributed by atoms with Gasteiger partial charge in [-0.15, -0.1) is 0 Å². The summed E-state index contributed by atoms with van der Waals surface area (Å²) in [4.78, 5) is 12.2. The molecule has 0 N–H and O–H groups in total. The second-order valence-corrected chi connectivity index (χ2v) is 7.28. The fraction of sp³-hybridized carbons (Fsp3) is 0.174. The van der Waals surface area contributed by atoms with Crippen LogP contribution in [0.2, 0.25) is 0 Å². The monoisotopic (exact) mass is 424 g/mol. The highest BCUT2D eigenvalue weighted by Gasteiger charge is 2.13. The normalized spacial score (nSPS) is 10.5. The molecule has 3 aromatic carbocycles. The van der Waals surface area contributed by atoms with Gasteiger partial charge < -0.3 is 9.47 Å². The minimum absolute atomic E-state index is 0.141. The van der Waals surface area contributed by atoms with Gasteiger partial charge in [0.1, 0.15) is 11.5 Å². The minimum Gasteiger partial charge on any atom is -0.481 e. The van der Waals surface area contributed by atoms with Crippen molar-refractivity contribution in [2.75, 3.05) is 6.61 Å². The summed E-state index contributed by atoms with van der Waals surface area (Å²) in [5, 5.41) is 0. The highest BCUT2D eigenvalue weighted by atomic mass is 79.9. The predicted octanol–water partition coefficient (Wildman–Crippen LogP) is 6.03. The number of carbonyl (C=O) groups is 1. The summed E-state index contributed by atoms with van der Waals surface area (Å²) < 4.78 is 11.9. The maximum absolute atomic E-state index is 12.2. The maximum atomic E-state index is 12.2. The van der Waals surface area contributed by atoms with Crippen LogP contribution in [0.4, 0.5) is 0 Å². The second-order valence-electron chi connectivity index (χ2n) is 6.43. The van der Waals surface area contributed by atoms with Gasteiger partial charge in [-0.05, 0) is 76.7 Å². The van der Waals surface area contributed by atoms with E-state index in [1.165, 1.54) is 0 Å². The van der Waals surface area contributed by atoms with Crippen molar-refractivity contribution >= 4 is 21.9 Å². The summed E-state index contributed by atoms with van der Waals surface area (Å²) >= 11 is 3.48. The van der Waals surface area contributed by atoms with Crippen molar-refractivity contribution in [3.63, 3.8) is 0 Å². The third-order valence-electron chi connectivity index (χ3n) is 4.47. The standard InChI is InChI=1S/C23H21BrO3/c1-15-9-10-16(2)23(17(15)3)26-14-22(25)27-21-12-11-19(13-20(21)24)18-7-5-4-6-8-18/h4-13H,14H2,1-3H3. The highest BCUT2D eigenvalue weighted by molar-refractivity contribution is 9.10. The van der Waals surface area contributed by atoms with Gasteiger partial charge >= 0.3 is 5.97 Å². The molecule has 0 fully saturated rings. The number of halogens is 1. The van der Waals surface area contributed by atoms with E-state index in [9.17, 15) is 4.79 Å². The average Bonchev–Trinajstić information content (AvgIpc) is 2.67. The zero-order chi connectivity index (χ0) is 19.4. The van der Waals surface area contributed by atoms with Crippen LogP contribution in [0.5, 0.6) is 11.5 Å². The Balaban J connectivity index is 1.67. The molecule has 0 unspecified atom stereocenters. The summed E-state index contributed by atoms with van der Waals surface area (Å²) in [5.74, 6) is 0.773. The van der Waals surface area contributed by atoms with Gasteiger partial charge in [-0.3, -0.25) is 0 Å². The van der Waals surface area contributed by atoms with Crippen molar-refractivity contribution in [1.82, 2.24) is 0 Å². The Hall–Kier alpha value is -2.59. The Kier molecular flexibility index (Phi) is 5.97. The number of benzene rings is 3. The van der Waals surface area contributed by atoms with E-state index in [4.69, 9.17) is 9.47 Å². The summed E-state index contributed by atoms with van der Waals surface area (Å²) in [5.41, 5.74) is 5.31. The van der Waals surface area contributed by atoms with Crippen molar-refractivity contribution in [2.45, 2.75) is 20.8 Å². The van der Waals surface area contributed by atoms with Crippen LogP contribution in [-0.4, -0.2) is 12.6 Å². The zero-order valence-corrected chi connectivity index (χ0v) is 17.2. The van der Waals surface area contributed by atoms with E-state index in [-0.39, 0.29) is 6.61 Å². The zero-order valence-electron chi connectivity index (χ0n) is 15.6. The summed E-state index contributed by atoms with van der Waals surface area (Å²) in [6.07, 6.45) is 0. The molecular formula is C23H21BrO3. The molecule has 0 saturated heterocycles. The van der Waals surface area contributed by atoms with Gasteiger partial charge in [0.2, 0.25) is 0 Å². The van der Waals surface area contributed by atoms with Crippen molar-refractivity contribution < 1.29 is 14.3 Å². The van der Waals surface area contributed by atoms with E-state index in [2.05, 4.69) is 15.9 Å². The molecular weight excluding hydrogens is 404 g/mol. The van der Waals surface area contributed by atoms with Gasteiger partial charge in [0.05, 0.1) is 4.47 Å². The fourth-order valence-corrected chi connectivity index (χ4v) is 3.28. The summed E-state index contributed by atoms with van der Waals surface area (Å²) in [6, 6.07) is 19.7. The van der Waals surface area contributed by atoms with Gasteiger partial charge in [-0.25, -0.2) is 4.79 Å². The first-order chi connectivity index (χ1) is 13.0. The third-order valence-corrected chi connectivity index (χ3v) is 5.09. The topological polar surface area (TPSA) is 35.5 Å². The highest BCUT2D eigenvalue weighted by Crippen LogP contribution is 2.31. The number of hydrogen-bond acceptors (Lipinski definition) is 3. The molecule has 3 nitrogen and oxygen atoms in total. The molecule has 0 spiro atoms. The van der Waals surface area contributed by atoms with Crippen LogP contribution < -0.4 is 9.47 Å². The Morgan fingerprint density at radius 3 is 2.30 bits per heavy atom. The quantitative estimate of drug-likeness (QED) is 0.370. The Morgan fingerprint density at radius 1 is 0.889 bits per heavy atom. The van der Waals surface area contributed by atoms with Gasteiger partial charge in [0.25, 0.3) is 0 Å². The van der Waals surface area contributed by atoms with Crippen molar-refractivity contribution in [2.24, 2.45) is 0 Å². The molecule has 0 amide bonds. The minimum atomic E-state index is -0.441. The van der Waals surface area contributed by atoms with Crippen LogP contribution in [0.25, 0.3) is 11.1 Å². The smallest absolute Gasteiger partial charge is 0.349 e. The van der Waals surface area contributed by atoms with Crippen LogP contribution in [0.1, 0.15) is 16.7 Å². The molecule has 0 aliphatic carbocycles. The van der Waals surface area contributed by atoms with Crippen molar-refractivity contribution in [1.29, 1.82) is 0 Å². The van der Waals surface area contributed by atoms with Crippen LogP contribution in [0, 0.1) is 20.8 Å². The lowest BCUT2D eigenvalue weighted by Crippen LogP contribution is -2.18. The number of aryl methyl sites for hydroxylation is 2. The SMILES string of the molecule is Cc1ccc(C)c(OCC(=O)Oc2ccc(-c3ccccc3)cc2Br)c1C. The fourth-order valence-electron chi connectivity index (χ4n) is 2.82. The lowest BCUT2D eigenvalue weighted by Gasteiger charge is -2.14. The first kappa shape index (κ1) is 19.2. The number of rotatable bonds is 5. The van der Waals surface area contributed by atoms with E-state index in [0.29, 0.717) is 5.75 Å². The number of carbonyl (C=O) groups excluding carboxylic acids is 1. The molecule has 0 saturated carbocycles. The first-order valence-corrected chi connectivity index (χ1v) is 9.50. The van der Waals surface area contributed by atoms with Crippen molar-refractivity contribution in [3.8, 4) is 22.6 Å². The molecule has 3 rings (SSSR count). The van der Waals surface area contributed by atoms with Crippen LogP contribution in [-0.2, 0) is 4.79 Å². The average molecular weight is 425 g/mol. The van der Waals surface area contributed by atoms with Gasteiger partial charge in [-0.1, -0.05) is 48.5 Å². The van der Waals surface area contributed by atoms with Gasteiger partial charge in [-0.2, -0.15) is 0 Å². The number of ether oxygens (including phenoxy) is 2. The third kappa shape index (κ3) is 4.58. The molecule has 3 aromatic rings. The predicted molar refractivity (Wildman–Crippen MR) is 111 cm³/mol. The molecule has 138 valence electrons. The molecule has 0 aliphatic rings.